The summed E-state index contributed by atoms with van der Waals surface area (Å²) in [7, 11) is 3.33. The first-order valence-corrected chi connectivity index (χ1v) is 15.4. The Morgan fingerprint density at radius 2 is 1.78 bits per heavy atom. The molecule has 45 heavy (non-hydrogen) atoms. The Hall–Kier alpha value is -4.28. The highest BCUT2D eigenvalue weighted by Gasteiger charge is 2.41. The lowest BCUT2D eigenvalue weighted by molar-refractivity contribution is -0.139. The first-order chi connectivity index (χ1) is 21.9. The molecule has 10 heteroatoms. The number of hydrogen-bond acceptors (Lipinski definition) is 8. The van der Waals surface area contributed by atoms with Crippen molar-refractivity contribution in [3.63, 3.8) is 0 Å². The zero-order valence-electron chi connectivity index (χ0n) is 25.9. The summed E-state index contributed by atoms with van der Waals surface area (Å²) in [5.74, 6) is 0.455. The van der Waals surface area contributed by atoms with Gasteiger partial charge in [0.15, 0.2) is 0 Å². The molecule has 1 amide bonds. The highest BCUT2D eigenvalue weighted by Crippen LogP contribution is 2.38. The van der Waals surface area contributed by atoms with Gasteiger partial charge in [-0.25, -0.2) is 4.79 Å². The maximum Gasteiger partial charge on any atom is 0.410 e. The number of hydrogen-bond donors (Lipinski definition) is 1. The average Bonchev–Trinajstić information content (AvgIpc) is 3.07. The zero-order valence-corrected chi connectivity index (χ0v) is 25.9. The van der Waals surface area contributed by atoms with E-state index in [9.17, 15) is 14.7 Å². The molecule has 3 aromatic rings. The minimum atomic E-state index is -0.972. The molecule has 0 radical (unpaired) electrons. The molecule has 0 unspecified atom stereocenters. The van der Waals surface area contributed by atoms with Crippen LogP contribution in [-0.2, 0) is 32.2 Å². The number of aliphatic carboxylic acids is 1. The Bertz CT molecular complexity index is 1400. The standard InChI is InChI=1S/C35H42N2O8/c1-41-17-6-15-36-16-18-43-32-14-9-26(19-31(32)36)24-44-33-22-37(35(40)45-23-25-7-4-3-5-8-25)28(21-34(38)39)20-30(33)27-10-12-29(42-2)13-11-27/h3-5,7-14,19,28,30,33H,6,15-18,20-24H2,1-2H3,(H,38,39)/t28-,30+,33-/m0/s1. The molecule has 0 aromatic heterocycles. The fraction of sp³-hybridized carbons (Fsp3) is 0.429. The molecule has 10 nitrogen and oxygen atoms in total. The largest absolute Gasteiger partial charge is 0.497 e. The van der Waals surface area contributed by atoms with Crippen molar-refractivity contribution in [3.05, 3.63) is 89.5 Å². The second kappa shape index (κ2) is 15.6. The molecule has 2 aliphatic heterocycles. The van der Waals surface area contributed by atoms with Crippen LogP contribution in [0.4, 0.5) is 10.5 Å². The van der Waals surface area contributed by atoms with Gasteiger partial charge in [-0.2, -0.15) is 0 Å². The molecule has 1 N–H and O–H groups in total. The summed E-state index contributed by atoms with van der Waals surface area (Å²) >= 11 is 0. The van der Waals surface area contributed by atoms with Gasteiger partial charge in [0, 0.05) is 32.2 Å². The number of carboxylic acids is 1. The van der Waals surface area contributed by atoms with Crippen molar-refractivity contribution in [1.29, 1.82) is 0 Å². The maximum absolute atomic E-state index is 13.4. The van der Waals surface area contributed by atoms with E-state index < -0.39 is 24.2 Å². The number of rotatable bonds is 13. The second-order valence-electron chi connectivity index (χ2n) is 11.4. The molecule has 3 aromatic carbocycles. The predicted molar refractivity (Wildman–Crippen MR) is 169 cm³/mol. The number of fused-ring (bicyclic) bond motifs is 1. The van der Waals surface area contributed by atoms with Crippen LogP contribution in [0.5, 0.6) is 11.5 Å². The molecule has 1 saturated heterocycles. The number of carbonyl (C=O) groups is 2. The van der Waals surface area contributed by atoms with E-state index in [1.807, 2.05) is 66.7 Å². The lowest BCUT2D eigenvalue weighted by atomic mass is 9.82. The molecular formula is C35H42N2O8. The van der Waals surface area contributed by atoms with Crippen LogP contribution in [0.25, 0.3) is 0 Å². The predicted octanol–water partition coefficient (Wildman–Crippen LogP) is 5.49. The van der Waals surface area contributed by atoms with Crippen molar-refractivity contribution < 1.29 is 38.4 Å². The van der Waals surface area contributed by atoms with E-state index in [0.29, 0.717) is 26.2 Å². The Morgan fingerprint density at radius 1 is 0.978 bits per heavy atom. The van der Waals surface area contributed by atoms with Crippen molar-refractivity contribution in [3.8, 4) is 11.5 Å². The minimum Gasteiger partial charge on any atom is -0.497 e. The quantitative estimate of drug-likeness (QED) is 0.249. The fourth-order valence-electron chi connectivity index (χ4n) is 6.08. The Morgan fingerprint density at radius 3 is 2.51 bits per heavy atom. The summed E-state index contributed by atoms with van der Waals surface area (Å²) in [5.41, 5.74) is 3.86. The van der Waals surface area contributed by atoms with Crippen molar-refractivity contribution >= 4 is 17.7 Å². The van der Waals surface area contributed by atoms with E-state index in [0.717, 1.165) is 53.4 Å². The molecule has 0 aliphatic carbocycles. The SMILES string of the molecule is COCCCN1CCOc2ccc(CO[C@H]3CN(C(=O)OCc4ccccc4)[C@H](CC(=O)O)C[C@@H]3c3ccc(OC)cc3)cc21. The van der Waals surface area contributed by atoms with Crippen LogP contribution in [0.3, 0.4) is 0 Å². The Kier molecular flexibility index (Phi) is 11.2. The molecule has 1 fully saturated rings. The normalized spacial score (nSPS) is 19.4. The van der Waals surface area contributed by atoms with Crippen LogP contribution in [0.1, 0.15) is 41.9 Å². The van der Waals surface area contributed by atoms with Crippen LogP contribution >= 0.6 is 0 Å². The van der Waals surface area contributed by atoms with Gasteiger partial charge in [0.25, 0.3) is 0 Å². The third-order valence-electron chi connectivity index (χ3n) is 8.41. The van der Waals surface area contributed by atoms with Crippen LogP contribution in [0.15, 0.2) is 72.8 Å². The van der Waals surface area contributed by atoms with Gasteiger partial charge in [0.2, 0.25) is 0 Å². The van der Waals surface area contributed by atoms with Crippen LogP contribution in [0, 0.1) is 0 Å². The number of methoxy groups -OCH3 is 2. The van der Waals surface area contributed by atoms with Crippen LogP contribution in [-0.4, -0.2) is 81.3 Å². The first kappa shape index (κ1) is 32.1. The monoisotopic (exact) mass is 618 g/mol. The van der Waals surface area contributed by atoms with E-state index in [2.05, 4.69) is 11.0 Å². The number of amides is 1. The molecule has 5 rings (SSSR count). The van der Waals surface area contributed by atoms with Crippen molar-refractivity contribution in [2.75, 3.05) is 52.0 Å². The van der Waals surface area contributed by atoms with Gasteiger partial charge in [-0.05, 0) is 53.8 Å². The molecule has 240 valence electrons. The summed E-state index contributed by atoms with van der Waals surface area (Å²) in [6.45, 7) is 3.59. The van der Waals surface area contributed by atoms with E-state index in [4.69, 9.17) is 23.7 Å². The smallest absolute Gasteiger partial charge is 0.410 e. The van der Waals surface area contributed by atoms with E-state index in [1.54, 1.807) is 14.2 Å². The molecule has 3 atom stereocenters. The van der Waals surface area contributed by atoms with Gasteiger partial charge in [0.1, 0.15) is 24.7 Å². The molecule has 0 spiro atoms. The van der Waals surface area contributed by atoms with E-state index >= 15 is 0 Å². The average molecular weight is 619 g/mol. The van der Waals surface area contributed by atoms with Crippen molar-refractivity contribution in [1.82, 2.24) is 4.90 Å². The number of carboxylic acid groups (broad SMARTS) is 1. The van der Waals surface area contributed by atoms with Crippen molar-refractivity contribution in [2.24, 2.45) is 0 Å². The number of ether oxygens (including phenoxy) is 5. The minimum absolute atomic E-state index is 0.0987. The first-order valence-electron chi connectivity index (χ1n) is 15.4. The fourth-order valence-corrected chi connectivity index (χ4v) is 6.08. The summed E-state index contributed by atoms with van der Waals surface area (Å²) < 4.78 is 28.8. The van der Waals surface area contributed by atoms with Crippen LogP contribution in [0.2, 0.25) is 0 Å². The maximum atomic E-state index is 13.4. The Balaban J connectivity index is 1.36. The number of benzene rings is 3. The van der Waals surface area contributed by atoms with Gasteiger partial charge in [-0.15, -0.1) is 0 Å². The molecule has 2 heterocycles. The number of piperidine rings is 1. The van der Waals surface area contributed by atoms with Gasteiger partial charge >= 0.3 is 12.1 Å². The lowest BCUT2D eigenvalue weighted by Crippen LogP contribution is -2.53. The topological polar surface area (TPSA) is 107 Å². The third kappa shape index (κ3) is 8.46. The highest BCUT2D eigenvalue weighted by atomic mass is 16.6. The van der Waals surface area contributed by atoms with Gasteiger partial charge in [0.05, 0.1) is 45.0 Å². The number of carbonyl (C=O) groups excluding carboxylic acids is 1. The van der Waals surface area contributed by atoms with Gasteiger partial charge in [-0.1, -0.05) is 48.5 Å². The highest BCUT2D eigenvalue weighted by molar-refractivity contribution is 5.72. The molecule has 0 saturated carbocycles. The van der Waals surface area contributed by atoms with E-state index in [-0.39, 0.29) is 25.5 Å². The molecule has 2 aliphatic rings. The zero-order chi connectivity index (χ0) is 31.6. The number of likely N-dealkylation sites (tertiary alicyclic amines) is 1. The Labute approximate surface area is 264 Å². The lowest BCUT2D eigenvalue weighted by Gasteiger charge is -2.43. The third-order valence-corrected chi connectivity index (χ3v) is 8.41. The summed E-state index contributed by atoms with van der Waals surface area (Å²) in [6, 6.07) is 22.7. The van der Waals surface area contributed by atoms with E-state index in [1.165, 1.54) is 4.90 Å². The van der Waals surface area contributed by atoms with Gasteiger partial charge < -0.3 is 38.6 Å². The molecular weight excluding hydrogens is 576 g/mol. The van der Waals surface area contributed by atoms with Crippen LogP contribution < -0.4 is 14.4 Å². The number of anilines is 1. The second-order valence-corrected chi connectivity index (χ2v) is 11.4. The van der Waals surface area contributed by atoms with Crippen molar-refractivity contribution in [2.45, 2.75) is 50.5 Å². The van der Waals surface area contributed by atoms with Gasteiger partial charge in [-0.3, -0.25) is 4.79 Å². The summed E-state index contributed by atoms with van der Waals surface area (Å²) in [5, 5.41) is 9.75. The summed E-state index contributed by atoms with van der Waals surface area (Å²) in [4.78, 5) is 29.2. The molecule has 0 bridgehead atoms. The summed E-state index contributed by atoms with van der Waals surface area (Å²) in [6.07, 6.45) is 0.177. The number of nitrogens with zero attached hydrogens (tertiary/aromatic N) is 2.